The molecule has 1 aromatic rings. The lowest BCUT2D eigenvalue weighted by Gasteiger charge is -2.17. The second-order valence-corrected chi connectivity index (χ2v) is 5.10. The highest BCUT2D eigenvalue weighted by Crippen LogP contribution is 2.08. The minimum atomic E-state index is -0.515. The standard InChI is InChI=1S/C14H20N2O3S/c1-15-14(18)12(8-9-20-2)16-13(17)10-19-11-6-4-3-5-7-11/h3-7,12H,8-10H2,1-2H3,(H,15,18)(H,16,17). The van der Waals surface area contributed by atoms with Crippen molar-refractivity contribution in [2.24, 2.45) is 0 Å². The van der Waals surface area contributed by atoms with E-state index >= 15 is 0 Å². The largest absolute Gasteiger partial charge is 0.484 e. The van der Waals surface area contributed by atoms with Crippen molar-refractivity contribution < 1.29 is 14.3 Å². The average molecular weight is 296 g/mol. The van der Waals surface area contributed by atoms with Gasteiger partial charge in [0.05, 0.1) is 0 Å². The molecule has 1 rings (SSSR count). The number of benzene rings is 1. The number of para-hydroxylation sites is 1. The van der Waals surface area contributed by atoms with Crippen LogP contribution in [0.2, 0.25) is 0 Å². The summed E-state index contributed by atoms with van der Waals surface area (Å²) in [5, 5.41) is 5.23. The fourth-order valence-corrected chi connectivity index (χ4v) is 2.05. The summed E-state index contributed by atoms with van der Waals surface area (Å²) < 4.78 is 5.34. The van der Waals surface area contributed by atoms with Gasteiger partial charge in [-0.2, -0.15) is 11.8 Å². The van der Waals surface area contributed by atoms with Crippen LogP contribution in [0.3, 0.4) is 0 Å². The van der Waals surface area contributed by atoms with Crippen LogP contribution in [0.1, 0.15) is 6.42 Å². The van der Waals surface area contributed by atoms with E-state index in [-0.39, 0.29) is 18.4 Å². The van der Waals surface area contributed by atoms with Gasteiger partial charge in [-0.25, -0.2) is 0 Å². The fourth-order valence-electron chi connectivity index (χ4n) is 1.58. The van der Waals surface area contributed by atoms with Gasteiger partial charge in [-0.05, 0) is 30.6 Å². The maximum Gasteiger partial charge on any atom is 0.258 e. The second kappa shape index (κ2) is 9.25. The molecule has 6 heteroatoms. The third kappa shape index (κ3) is 5.97. The van der Waals surface area contributed by atoms with Crippen molar-refractivity contribution in [1.82, 2.24) is 10.6 Å². The average Bonchev–Trinajstić information content (AvgIpc) is 2.49. The van der Waals surface area contributed by atoms with Crippen LogP contribution in [0.4, 0.5) is 0 Å². The van der Waals surface area contributed by atoms with Crippen molar-refractivity contribution in [3.63, 3.8) is 0 Å². The number of carbonyl (C=O) groups is 2. The molecule has 2 N–H and O–H groups in total. The summed E-state index contributed by atoms with van der Waals surface area (Å²) in [7, 11) is 1.56. The molecule has 2 amide bonds. The maximum atomic E-state index is 11.8. The normalized spacial score (nSPS) is 11.5. The van der Waals surface area contributed by atoms with Crippen LogP contribution >= 0.6 is 11.8 Å². The zero-order valence-corrected chi connectivity index (χ0v) is 12.5. The minimum Gasteiger partial charge on any atom is -0.484 e. The SMILES string of the molecule is CNC(=O)C(CCSC)NC(=O)COc1ccccc1. The zero-order chi connectivity index (χ0) is 14.8. The van der Waals surface area contributed by atoms with Crippen molar-refractivity contribution >= 4 is 23.6 Å². The van der Waals surface area contributed by atoms with Crippen molar-refractivity contribution in [2.45, 2.75) is 12.5 Å². The first-order valence-electron chi connectivity index (χ1n) is 6.35. The van der Waals surface area contributed by atoms with Gasteiger partial charge >= 0.3 is 0 Å². The smallest absolute Gasteiger partial charge is 0.258 e. The van der Waals surface area contributed by atoms with Gasteiger partial charge in [-0.1, -0.05) is 18.2 Å². The number of ether oxygens (including phenoxy) is 1. The Bertz CT molecular complexity index is 426. The van der Waals surface area contributed by atoms with E-state index in [1.165, 1.54) is 0 Å². The zero-order valence-electron chi connectivity index (χ0n) is 11.7. The molecular formula is C14H20N2O3S. The molecule has 0 saturated heterocycles. The van der Waals surface area contributed by atoms with Gasteiger partial charge in [0, 0.05) is 7.05 Å². The lowest BCUT2D eigenvalue weighted by atomic mass is 10.2. The van der Waals surface area contributed by atoms with E-state index in [9.17, 15) is 9.59 Å². The quantitative estimate of drug-likeness (QED) is 0.752. The van der Waals surface area contributed by atoms with Crippen LogP contribution < -0.4 is 15.4 Å². The molecule has 0 aromatic heterocycles. The van der Waals surface area contributed by atoms with E-state index in [0.29, 0.717) is 12.2 Å². The van der Waals surface area contributed by atoms with Gasteiger partial charge in [0.15, 0.2) is 6.61 Å². The summed E-state index contributed by atoms with van der Waals surface area (Å²) in [6.07, 6.45) is 2.55. The third-order valence-corrected chi connectivity index (χ3v) is 3.27. The molecule has 0 aliphatic heterocycles. The molecule has 0 saturated carbocycles. The number of amides is 2. The van der Waals surface area contributed by atoms with Gasteiger partial charge in [-0.3, -0.25) is 9.59 Å². The number of likely N-dealkylation sites (N-methyl/N-ethyl adjacent to an activating group) is 1. The fraction of sp³-hybridized carbons (Fsp3) is 0.429. The maximum absolute atomic E-state index is 11.8. The molecule has 0 aliphatic carbocycles. The molecule has 1 atom stereocenters. The molecule has 20 heavy (non-hydrogen) atoms. The van der Waals surface area contributed by atoms with Gasteiger partial charge in [0.2, 0.25) is 5.91 Å². The Morgan fingerprint density at radius 3 is 2.60 bits per heavy atom. The molecule has 0 spiro atoms. The number of hydrogen-bond donors (Lipinski definition) is 2. The van der Waals surface area contributed by atoms with Crippen molar-refractivity contribution in [1.29, 1.82) is 0 Å². The van der Waals surface area contributed by atoms with E-state index < -0.39 is 6.04 Å². The molecule has 0 heterocycles. The molecule has 1 unspecified atom stereocenters. The summed E-state index contributed by atoms with van der Waals surface area (Å²) in [6, 6.07) is 8.57. The molecule has 0 bridgehead atoms. The number of nitrogens with one attached hydrogen (secondary N) is 2. The highest BCUT2D eigenvalue weighted by atomic mass is 32.2. The molecule has 0 fully saturated rings. The number of hydrogen-bond acceptors (Lipinski definition) is 4. The Labute approximate surface area is 123 Å². The summed E-state index contributed by atoms with van der Waals surface area (Å²) in [5.41, 5.74) is 0. The predicted octanol–water partition coefficient (Wildman–Crippen LogP) is 1.05. The van der Waals surface area contributed by atoms with Crippen LogP contribution in [-0.4, -0.2) is 43.5 Å². The Morgan fingerprint density at radius 2 is 2.00 bits per heavy atom. The molecule has 1 aromatic carbocycles. The number of thioether (sulfide) groups is 1. The Morgan fingerprint density at radius 1 is 1.30 bits per heavy atom. The van der Waals surface area contributed by atoms with Gasteiger partial charge < -0.3 is 15.4 Å². The highest BCUT2D eigenvalue weighted by molar-refractivity contribution is 7.98. The van der Waals surface area contributed by atoms with Crippen LogP contribution in [0, 0.1) is 0 Å². The van der Waals surface area contributed by atoms with Gasteiger partial charge in [-0.15, -0.1) is 0 Å². The first-order valence-corrected chi connectivity index (χ1v) is 7.74. The van der Waals surface area contributed by atoms with Crippen molar-refractivity contribution in [3.05, 3.63) is 30.3 Å². The van der Waals surface area contributed by atoms with Crippen LogP contribution in [0.5, 0.6) is 5.75 Å². The van der Waals surface area contributed by atoms with Crippen LogP contribution in [0.25, 0.3) is 0 Å². The summed E-state index contributed by atoms with van der Waals surface area (Å²) in [4.78, 5) is 23.4. The van der Waals surface area contributed by atoms with Crippen molar-refractivity contribution in [3.8, 4) is 5.75 Å². The molecule has 0 aliphatic rings. The van der Waals surface area contributed by atoms with E-state index in [2.05, 4.69) is 10.6 Å². The minimum absolute atomic E-state index is 0.100. The van der Waals surface area contributed by atoms with E-state index in [1.807, 2.05) is 24.5 Å². The van der Waals surface area contributed by atoms with Crippen LogP contribution in [-0.2, 0) is 9.59 Å². The topological polar surface area (TPSA) is 67.4 Å². The Balaban J connectivity index is 2.43. The van der Waals surface area contributed by atoms with Crippen molar-refractivity contribution in [2.75, 3.05) is 25.7 Å². The second-order valence-electron chi connectivity index (χ2n) is 4.12. The first kappa shape index (κ1) is 16.4. The van der Waals surface area contributed by atoms with Crippen LogP contribution in [0.15, 0.2) is 30.3 Å². The summed E-state index contributed by atoms with van der Waals surface area (Å²) in [6.45, 7) is -0.100. The molecular weight excluding hydrogens is 276 g/mol. The predicted molar refractivity (Wildman–Crippen MR) is 80.9 cm³/mol. The summed E-state index contributed by atoms with van der Waals surface area (Å²) >= 11 is 1.63. The monoisotopic (exact) mass is 296 g/mol. The number of carbonyl (C=O) groups excluding carboxylic acids is 2. The Kier molecular flexibility index (Phi) is 7.57. The lowest BCUT2D eigenvalue weighted by Crippen LogP contribution is -2.47. The Hall–Kier alpha value is -1.69. The van der Waals surface area contributed by atoms with Gasteiger partial charge in [0.1, 0.15) is 11.8 Å². The highest BCUT2D eigenvalue weighted by Gasteiger charge is 2.19. The van der Waals surface area contributed by atoms with E-state index in [0.717, 1.165) is 5.75 Å². The van der Waals surface area contributed by atoms with E-state index in [1.54, 1.807) is 30.9 Å². The lowest BCUT2D eigenvalue weighted by molar-refractivity contribution is -0.129. The molecule has 0 radical (unpaired) electrons. The molecule has 110 valence electrons. The van der Waals surface area contributed by atoms with Gasteiger partial charge in [0.25, 0.3) is 5.91 Å². The number of rotatable bonds is 8. The molecule has 5 nitrogen and oxygen atoms in total. The summed E-state index contributed by atoms with van der Waals surface area (Å²) in [5.74, 6) is 0.941. The first-order chi connectivity index (χ1) is 9.67. The third-order valence-electron chi connectivity index (χ3n) is 2.62. The van der Waals surface area contributed by atoms with E-state index in [4.69, 9.17) is 4.74 Å².